The van der Waals surface area contributed by atoms with Crippen LogP contribution in [-0.4, -0.2) is 40.9 Å². The second-order valence-electron chi connectivity index (χ2n) is 4.24. The van der Waals surface area contributed by atoms with Gasteiger partial charge in [0, 0.05) is 18.9 Å². The molecule has 0 aliphatic carbocycles. The second-order valence-corrected chi connectivity index (χ2v) is 4.24. The van der Waals surface area contributed by atoms with Gasteiger partial charge in [0.2, 0.25) is 5.91 Å². The molecule has 4 heteroatoms. The van der Waals surface area contributed by atoms with Crippen LogP contribution in [0.4, 0.5) is 0 Å². The maximum absolute atomic E-state index is 11.6. The average molecular weight is 185 g/mol. The SMILES string of the molecule is CC1(C)OC[C@@H]2[C@H](CO)CC(=O)N21. The summed E-state index contributed by atoms with van der Waals surface area (Å²) in [5, 5.41) is 9.07. The number of amides is 1. The molecular weight excluding hydrogens is 170 g/mol. The van der Waals surface area contributed by atoms with Crippen LogP contribution in [0, 0.1) is 5.92 Å². The zero-order chi connectivity index (χ0) is 9.64. The van der Waals surface area contributed by atoms with Gasteiger partial charge in [0.25, 0.3) is 0 Å². The Labute approximate surface area is 77.5 Å². The number of aliphatic hydroxyl groups excluding tert-OH is 1. The van der Waals surface area contributed by atoms with Crippen LogP contribution < -0.4 is 0 Å². The van der Waals surface area contributed by atoms with Crippen LogP contribution in [0.1, 0.15) is 20.3 Å². The first kappa shape index (κ1) is 8.97. The lowest BCUT2D eigenvalue weighted by Gasteiger charge is -2.29. The summed E-state index contributed by atoms with van der Waals surface area (Å²) in [6.45, 7) is 4.42. The number of hydrogen-bond donors (Lipinski definition) is 1. The van der Waals surface area contributed by atoms with Gasteiger partial charge in [0.1, 0.15) is 5.72 Å². The lowest BCUT2D eigenvalue weighted by atomic mass is 10.0. The fourth-order valence-corrected chi connectivity index (χ4v) is 2.31. The number of ether oxygens (including phenoxy) is 1. The van der Waals surface area contributed by atoms with E-state index in [9.17, 15) is 4.79 Å². The summed E-state index contributed by atoms with van der Waals surface area (Å²) >= 11 is 0. The number of carbonyl (C=O) groups excluding carboxylic acids is 1. The number of rotatable bonds is 1. The van der Waals surface area contributed by atoms with Crippen molar-refractivity contribution < 1.29 is 14.6 Å². The summed E-state index contributed by atoms with van der Waals surface area (Å²) in [5.74, 6) is 0.167. The van der Waals surface area contributed by atoms with E-state index < -0.39 is 5.72 Å². The highest BCUT2D eigenvalue weighted by Gasteiger charge is 2.51. The molecule has 0 aromatic carbocycles. The summed E-state index contributed by atoms with van der Waals surface area (Å²) < 4.78 is 5.50. The third-order valence-corrected chi connectivity index (χ3v) is 3.00. The van der Waals surface area contributed by atoms with E-state index in [0.717, 1.165) is 0 Å². The van der Waals surface area contributed by atoms with Crippen molar-refractivity contribution in [2.75, 3.05) is 13.2 Å². The van der Waals surface area contributed by atoms with Crippen molar-refractivity contribution in [3.63, 3.8) is 0 Å². The van der Waals surface area contributed by atoms with E-state index in [2.05, 4.69) is 0 Å². The third kappa shape index (κ3) is 1.16. The molecule has 74 valence electrons. The summed E-state index contributed by atoms with van der Waals surface area (Å²) in [4.78, 5) is 13.3. The van der Waals surface area contributed by atoms with Crippen molar-refractivity contribution in [1.82, 2.24) is 4.90 Å². The summed E-state index contributed by atoms with van der Waals surface area (Å²) in [6.07, 6.45) is 0.466. The molecule has 1 N–H and O–H groups in total. The van der Waals surface area contributed by atoms with E-state index in [0.29, 0.717) is 13.0 Å². The normalized spacial score (nSPS) is 36.8. The monoisotopic (exact) mass is 185 g/mol. The number of nitrogens with zero attached hydrogens (tertiary/aromatic N) is 1. The molecule has 0 aromatic heterocycles. The van der Waals surface area contributed by atoms with Gasteiger partial charge >= 0.3 is 0 Å². The van der Waals surface area contributed by atoms with Gasteiger partial charge in [0.15, 0.2) is 0 Å². The maximum Gasteiger partial charge on any atom is 0.225 e. The van der Waals surface area contributed by atoms with Crippen molar-refractivity contribution in [2.24, 2.45) is 5.92 Å². The first-order chi connectivity index (χ1) is 6.06. The number of aliphatic hydroxyl groups is 1. The minimum Gasteiger partial charge on any atom is -0.396 e. The molecule has 0 unspecified atom stereocenters. The van der Waals surface area contributed by atoms with E-state index in [-0.39, 0.29) is 24.5 Å². The van der Waals surface area contributed by atoms with Gasteiger partial charge in [-0.25, -0.2) is 0 Å². The Bertz CT molecular complexity index is 239. The Morgan fingerprint density at radius 2 is 2.38 bits per heavy atom. The smallest absolute Gasteiger partial charge is 0.225 e. The second kappa shape index (κ2) is 2.69. The van der Waals surface area contributed by atoms with Crippen LogP contribution in [0.3, 0.4) is 0 Å². The molecule has 0 bridgehead atoms. The van der Waals surface area contributed by atoms with Crippen LogP contribution in [0.2, 0.25) is 0 Å². The number of hydrogen-bond acceptors (Lipinski definition) is 3. The largest absolute Gasteiger partial charge is 0.396 e. The Kier molecular flexibility index (Phi) is 1.85. The Morgan fingerprint density at radius 1 is 1.69 bits per heavy atom. The lowest BCUT2D eigenvalue weighted by molar-refractivity contribution is -0.141. The van der Waals surface area contributed by atoms with Gasteiger partial charge in [-0.3, -0.25) is 4.79 Å². The highest BCUT2D eigenvalue weighted by atomic mass is 16.5. The quantitative estimate of drug-likeness (QED) is 0.623. The van der Waals surface area contributed by atoms with E-state index in [4.69, 9.17) is 9.84 Å². The summed E-state index contributed by atoms with van der Waals surface area (Å²) in [7, 11) is 0. The van der Waals surface area contributed by atoms with E-state index in [1.807, 2.05) is 13.8 Å². The Morgan fingerprint density at radius 3 is 3.00 bits per heavy atom. The van der Waals surface area contributed by atoms with Crippen LogP contribution in [0.15, 0.2) is 0 Å². The molecule has 0 aromatic rings. The van der Waals surface area contributed by atoms with Crippen molar-refractivity contribution in [1.29, 1.82) is 0 Å². The number of carbonyl (C=O) groups is 1. The molecule has 13 heavy (non-hydrogen) atoms. The van der Waals surface area contributed by atoms with E-state index >= 15 is 0 Å². The van der Waals surface area contributed by atoms with Crippen molar-refractivity contribution in [3.8, 4) is 0 Å². The zero-order valence-electron chi connectivity index (χ0n) is 7.99. The molecule has 1 amide bonds. The first-order valence-electron chi connectivity index (χ1n) is 4.63. The van der Waals surface area contributed by atoms with Crippen molar-refractivity contribution in [3.05, 3.63) is 0 Å². The highest BCUT2D eigenvalue weighted by Crippen LogP contribution is 2.38. The first-order valence-corrected chi connectivity index (χ1v) is 4.63. The Hall–Kier alpha value is -0.610. The zero-order valence-corrected chi connectivity index (χ0v) is 7.99. The third-order valence-electron chi connectivity index (χ3n) is 3.00. The maximum atomic E-state index is 11.6. The fraction of sp³-hybridized carbons (Fsp3) is 0.889. The standard InChI is InChI=1S/C9H15NO3/c1-9(2)10-7(5-13-9)6(4-11)3-8(10)12/h6-7,11H,3-5H2,1-2H3/t6-,7+/m0/s1. The molecule has 2 aliphatic rings. The molecule has 0 radical (unpaired) electrons. The van der Waals surface area contributed by atoms with Gasteiger partial charge in [-0.1, -0.05) is 0 Å². The molecule has 2 saturated heterocycles. The average Bonchev–Trinajstić information content (AvgIpc) is 2.53. The predicted octanol–water partition coefficient (Wildman–Crippen LogP) is -0.0379. The Balaban J connectivity index is 2.24. The van der Waals surface area contributed by atoms with Crippen LogP contribution in [0.25, 0.3) is 0 Å². The van der Waals surface area contributed by atoms with Gasteiger partial charge in [-0.2, -0.15) is 0 Å². The van der Waals surface area contributed by atoms with Crippen LogP contribution in [-0.2, 0) is 9.53 Å². The van der Waals surface area contributed by atoms with Gasteiger partial charge < -0.3 is 14.7 Å². The lowest BCUT2D eigenvalue weighted by Crippen LogP contribution is -2.44. The van der Waals surface area contributed by atoms with Crippen molar-refractivity contribution >= 4 is 5.91 Å². The van der Waals surface area contributed by atoms with E-state index in [1.54, 1.807) is 4.90 Å². The fourth-order valence-electron chi connectivity index (χ4n) is 2.31. The molecule has 4 nitrogen and oxygen atoms in total. The molecule has 0 saturated carbocycles. The predicted molar refractivity (Wildman–Crippen MR) is 45.9 cm³/mol. The van der Waals surface area contributed by atoms with Gasteiger partial charge in [0.05, 0.1) is 12.6 Å². The molecule has 2 aliphatic heterocycles. The van der Waals surface area contributed by atoms with E-state index in [1.165, 1.54) is 0 Å². The minimum atomic E-state index is -0.480. The van der Waals surface area contributed by atoms with Gasteiger partial charge in [-0.15, -0.1) is 0 Å². The van der Waals surface area contributed by atoms with Crippen molar-refractivity contribution in [2.45, 2.75) is 32.0 Å². The van der Waals surface area contributed by atoms with Crippen LogP contribution in [0.5, 0.6) is 0 Å². The molecular formula is C9H15NO3. The molecule has 2 rings (SSSR count). The molecule has 2 atom stereocenters. The molecule has 0 spiro atoms. The molecule has 2 fully saturated rings. The minimum absolute atomic E-state index is 0.0641. The highest BCUT2D eigenvalue weighted by molar-refractivity contribution is 5.80. The van der Waals surface area contributed by atoms with Crippen LogP contribution >= 0.6 is 0 Å². The summed E-state index contributed by atoms with van der Waals surface area (Å²) in [5.41, 5.74) is -0.480. The number of fused-ring (bicyclic) bond motifs is 1. The summed E-state index contributed by atoms with van der Waals surface area (Å²) in [6, 6.07) is 0.0903. The van der Waals surface area contributed by atoms with Gasteiger partial charge in [-0.05, 0) is 13.8 Å². The topological polar surface area (TPSA) is 49.8 Å². The molecule has 2 heterocycles.